The minimum Gasteiger partial charge on any atom is -0.545 e. The van der Waals surface area contributed by atoms with Crippen molar-refractivity contribution in [3.8, 4) is 11.5 Å². The third-order valence-electron chi connectivity index (χ3n) is 4.17. The first kappa shape index (κ1) is 21.2. The second-order valence-electron chi connectivity index (χ2n) is 6.21. The van der Waals surface area contributed by atoms with Gasteiger partial charge in [0.05, 0.1) is 23.7 Å². The van der Waals surface area contributed by atoms with Gasteiger partial charge in [-0.1, -0.05) is 30.9 Å². The van der Waals surface area contributed by atoms with Crippen molar-refractivity contribution in [2.45, 2.75) is 0 Å². The maximum absolute atomic E-state index is 12.6. The van der Waals surface area contributed by atoms with E-state index in [-0.39, 0.29) is 11.5 Å². The molecule has 0 spiro atoms. The van der Waals surface area contributed by atoms with Gasteiger partial charge in [-0.3, -0.25) is 9.69 Å². The van der Waals surface area contributed by atoms with E-state index in [0.29, 0.717) is 33.9 Å². The summed E-state index contributed by atoms with van der Waals surface area (Å²) in [5.41, 5.74) is 1.38. The van der Waals surface area contributed by atoms with Crippen LogP contribution in [0.2, 0.25) is 0 Å². The Labute approximate surface area is 178 Å². The van der Waals surface area contributed by atoms with Gasteiger partial charge in [0.25, 0.3) is 5.91 Å². The molecule has 30 heavy (non-hydrogen) atoms. The lowest BCUT2D eigenvalue weighted by molar-refractivity contribution is -0.255. The summed E-state index contributed by atoms with van der Waals surface area (Å²) >= 11 is 1.23. The van der Waals surface area contributed by atoms with Crippen LogP contribution < -0.4 is 14.6 Å². The number of hydrogen-bond donors (Lipinski definition) is 0. The first-order chi connectivity index (χ1) is 14.4. The number of carboxylic acids is 1. The van der Waals surface area contributed by atoms with Crippen LogP contribution in [-0.2, 0) is 4.79 Å². The van der Waals surface area contributed by atoms with Crippen LogP contribution in [0.25, 0.3) is 6.08 Å². The van der Waals surface area contributed by atoms with Gasteiger partial charge < -0.3 is 19.4 Å². The number of ether oxygens (including phenoxy) is 2. The Hall–Kier alpha value is -3.52. The molecule has 1 heterocycles. The zero-order valence-electron chi connectivity index (χ0n) is 16.5. The lowest BCUT2D eigenvalue weighted by atomic mass is 10.2. The zero-order valence-corrected chi connectivity index (χ0v) is 17.3. The van der Waals surface area contributed by atoms with Crippen molar-refractivity contribution >= 4 is 40.6 Å². The van der Waals surface area contributed by atoms with Gasteiger partial charge in [-0.15, -0.1) is 0 Å². The Bertz CT molecular complexity index is 1040. The second kappa shape index (κ2) is 9.32. The van der Waals surface area contributed by atoms with E-state index < -0.39 is 5.97 Å². The van der Waals surface area contributed by atoms with Crippen molar-refractivity contribution < 1.29 is 24.2 Å². The van der Waals surface area contributed by atoms with Gasteiger partial charge in [-0.25, -0.2) is 4.99 Å². The van der Waals surface area contributed by atoms with Crippen molar-refractivity contribution in [3.63, 3.8) is 0 Å². The molecule has 0 saturated carbocycles. The third kappa shape index (κ3) is 4.72. The highest BCUT2D eigenvalue weighted by Crippen LogP contribution is 2.35. The summed E-state index contributed by atoms with van der Waals surface area (Å²) < 4.78 is 10.9. The highest BCUT2D eigenvalue weighted by molar-refractivity contribution is 8.18. The van der Waals surface area contributed by atoms with Crippen LogP contribution in [0.15, 0.2) is 65.0 Å². The summed E-state index contributed by atoms with van der Waals surface area (Å²) in [7, 11) is 3.18. The van der Waals surface area contributed by atoms with Crippen LogP contribution >= 0.6 is 11.8 Å². The van der Waals surface area contributed by atoms with Crippen molar-refractivity contribution in [1.29, 1.82) is 0 Å². The highest BCUT2D eigenvalue weighted by atomic mass is 32.2. The summed E-state index contributed by atoms with van der Waals surface area (Å²) in [5, 5.41) is 11.3. The minimum atomic E-state index is -1.25. The van der Waals surface area contributed by atoms with Crippen LogP contribution in [0.3, 0.4) is 0 Å². The monoisotopic (exact) mass is 423 g/mol. The fourth-order valence-electron chi connectivity index (χ4n) is 2.63. The van der Waals surface area contributed by atoms with Crippen LogP contribution in [0, 0.1) is 0 Å². The number of carbonyl (C=O) groups is 2. The topological polar surface area (TPSA) is 91.3 Å². The fourth-order valence-corrected chi connectivity index (χ4v) is 3.61. The number of thioether (sulfide) groups is 1. The molecule has 0 bridgehead atoms. The first-order valence-electron chi connectivity index (χ1n) is 8.92. The Balaban J connectivity index is 1.84. The van der Waals surface area contributed by atoms with E-state index in [9.17, 15) is 14.7 Å². The SMILES string of the molecule is C=CCOc1ccc(/C=C2\SC(=Nc3ccc(C(=O)[O-])cc3)N(C)C2=O)cc1OC. The maximum atomic E-state index is 12.6. The van der Waals surface area contributed by atoms with Gasteiger partial charge in [0.2, 0.25) is 0 Å². The van der Waals surface area contributed by atoms with E-state index in [1.807, 2.05) is 6.07 Å². The Kier molecular flexibility index (Phi) is 6.58. The number of carbonyl (C=O) groups excluding carboxylic acids is 2. The average molecular weight is 423 g/mol. The number of aliphatic imine (C=N–C) groups is 1. The molecule has 0 atom stereocenters. The van der Waals surface area contributed by atoms with Crippen molar-refractivity contribution in [2.75, 3.05) is 20.8 Å². The van der Waals surface area contributed by atoms with Crippen LogP contribution in [0.5, 0.6) is 11.5 Å². The van der Waals surface area contributed by atoms with Crippen molar-refractivity contribution in [2.24, 2.45) is 4.99 Å². The normalized spacial score (nSPS) is 16.2. The number of carboxylic acid groups (broad SMARTS) is 1. The summed E-state index contributed by atoms with van der Waals surface area (Å²) in [6.45, 7) is 3.98. The molecule has 1 fully saturated rings. The van der Waals surface area contributed by atoms with Gasteiger partial charge in [0.1, 0.15) is 6.61 Å². The van der Waals surface area contributed by atoms with E-state index in [2.05, 4.69) is 11.6 Å². The molecule has 3 rings (SSSR count). The molecule has 1 aliphatic heterocycles. The number of amides is 1. The molecule has 0 aliphatic carbocycles. The standard InChI is InChI=1S/C22H20N2O5S/c1-4-11-29-17-10-5-14(12-18(17)28-3)13-19-20(25)24(2)22(30-19)23-16-8-6-15(7-9-16)21(26)27/h4-10,12-13H,1,11H2,2-3H3,(H,26,27)/p-1/b19-13-,23-22?. The van der Waals surface area contributed by atoms with Gasteiger partial charge >= 0.3 is 0 Å². The summed E-state index contributed by atoms with van der Waals surface area (Å²) in [6.07, 6.45) is 3.40. The Morgan fingerprint density at radius 1 is 1.23 bits per heavy atom. The van der Waals surface area contributed by atoms with E-state index in [1.165, 1.54) is 28.8 Å². The van der Waals surface area contributed by atoms with Gasteiger partial charge in [0.15, 0.2) is 16.7 Å². The molecule has 0 aromatic heterocycles. The van der Waals surface area contributed by atoms with Gasteiger partial charge in [-0.05, 0) is 53.2 Å². The molecule has 0 unspecified atom stereocenters. The van der Waals surface area contributed by atoms with Crippen LogP contribution in [-0.4, -0.2) is 42.7 Å². The molecular formula is C22H19N2O5S-. The number of hydrogen-bond acceptors (Lipinski definition) is 7. The molecule has 1 aliphatic rings. The summed E-state index contributed by atoms with van der Waals surface area (Å²) in [4.78, 5) is 29.9. The number of amidine groups is 1. The largest absolute Gasteiger partial charge is 0.545 e. The lowest BCUT2D eigenvalue weighted by Crippen LogP contribution is -2.23. The number of likely N-dealkylation sites (N-methyl/N-ethyl adjacent to an activating group) is 1. The van der Waals surface area contributed by atoms with E-state index >= 15 is 0 Å². The molecule has 2 aromatic carbocycles. The number of nitrogens with zero attached hydrogens (tertiary/aromatic N) is 2. The summed E-state index contributed by atoms with van der Waals surface area (Å²) in [5.74, 6) is -0.296. The third-order valence-corrected chi connectivity index (χ3v) is 5.23. The van der Waals surface area contributed by atoms with E-state index in [1.54, 1.807) is 50.6 Å². The molecule has 0 radical (unpaired) electrons. The predicted octanol–water partition coefficient (Wildman–Crippen LogP) is 2.86. The number of aromatic carboxylic acids is 1. The van der Waals surface area contributed by atoms with Gasteiger partial charge in [-0.2, -0.15) is 0 Å². The smallest absolute Gasteiger partial charge is 0.266 e. The lowest BCUT2D eigenvalue weighted by Gasteiger charge is -2.10. The molecule has 0 N–H and O–H groups in total. The van der Waals surface area contributed by atoms with Crippen LogP contribution in [0.1, 0.15) is 15.9 Å². The summed E-state index contributed by atoms with van der Waals surface area (Å²) in [6, 6.07) is 11.3. The second-order valence-corrected chi connectivity index (χ2v) is 7.22. The number of rotatable bonds is 7. The van der Waals surface area contributed by atoms with Crippen molar-refractivity contribution in [3.05, 3.63) is 71.2 Å². The Morgan fingerprint density at radius 2 is 1.97 bits per heavy atom. The van der Waals surface area contributed by atoms with Crippen LogP contribution in [0.4, 0.5) is 5.69 Å². The molecule has 1 amide bonds. The fraction of sp³-hybridized carbons (Fsp3) is 0.136. The molecular weight excluding hydrogens is 404 g/mol. The zero-order chi connectivity index (χ0) is 21.7. The van der Waals surface area contributed by atoms with E-state index in [4.69, 9.17) is 9.47 Å². The molecule has 8 heteroatoms. The minimum absolute atomic E-state index is 0.0671. The average Bonchev–Trinajstić information content (AvgIpc) is 3.00. The van der Waals surface area contributed by atoms with E-state index in [0.717, 1.165) is 5.56 Å². The van der Waals surface area contributed by atoms with Gasteiger partial charge in [0, 0.05) is 7.05 Å². The quantitative estimate of drug-likeness (QED) is 0.502. The van der Waals surface area contributed by atoms with Crippen molar-refractivity contribution in [1.82, 2.24) is 4.90 Å². The first-order valence-corrected chi connectivity index (χ1v) is 9.74. The molecule has 7 nitrogen and oxygen atoms in total. The maximum Gasteiger partial charge on any atom is 0.266 e. The predicted molar refractivity (Wildman–Crippen MR) is 115 cm³/mol. The number of benzene rings is 2. The highest BCUT2D eigenvalue weighted by Gasteiger charge is 2.30. The number of methoxy groups -OCH3 is 1. The Morgan fingerprint density at radius 3 is 2.60 bits per heavy atom. The molecule has 2 aromatic rings. The molecule has 1 saturated heterocycles. The molecule has 154 valence electrons.